The molecule has 2 aromatic rings. The van der Waals surface area contributed by atoms with Crippen LogP contribution in [0.2, 0.25) is 0 Å². The van der Waals surface area contributed by atoms with Gasteiger partial charge in [-0.2, -0.15) is 13.2 Å². The van der Waals surface area contributed by atoms with Crippen molar-refractivity contribution in [3.8, 4) is 0 Å². The number of nitrogens with one attached hydrogen (secondary N) is 1. The largest absolute Gasteiger partial charge is 0.413 e. The molecule has 9 heteroatoms. The Morgan fingerprint density at radius 1 is 1.43 bits per heavy atom. The molecule has 1 aliphatic rings. The summed E-state index contributed by atoms with van der Waals surface area (Å²) in [7, 11) is 0. The van der Waals surface area contributed by atoms with Crippen molar-refractivity contribution < 1.29 is 13.2 Å². The van der Waals surface area contributed by atoms with Gasteiger partial charge in [-0.05, 0) is 31.1 Å². The highest BCUT2D eigenvalue weighted by atomic mass is 32.1. The summed E-state index contributed by atoms with van der Waals surface area (Å²) in [6.07, 6.45) is -2.02. The fourth-order valence-corrected chi connectivity index (χ4v) is 3.78. The SMILES string of the molecule is Cc1c(C2=CC=NC(C)(C(F)(F)F)C2)sc2nc(N)[nH]c(=O)c12. The molecule has 3 N–H and O–H groups in total. The van der Waals surface area contributed by atoms with Crippen molar-refractivity contribution in [2.45, 2.75) is 32.0 Å². The number of thiophene rings is 1. The van der Waals surface area contributed by atoms with Crippen LogP contribution in [0.1, 0.15) is 23.8 Å². The summed E-state index contributed by atoms with van der Waals surface area (Å²) >= 11 is 1.16. The molecule has 5 nitrogen and oxygen atoms in total. The first-order chi connectivity index (χ1) is 10.6. The maximum absolute atomic E-state index is 13.2. The van der Waals surface area contributed by atoms with Crippen LogP contribution in [0.15, 0.2) is 15.9 Å². The van der Waals surface area contributed by atoms with Crippen LogP contribution >= 0.6 is 11.3 Å². The molecular weight excluding hydrogens is 329 g/mol. The van der Waals surface area contributed by atoms with Gasteiger partial charge in [0.2, 0.25) is 5.95 Å². The predicted octanol–water partition coefficient (Wildman–Crippen LogP) is 3.05. The van der Waals surface area contributed by atoms with Crippen molar-refractivity contribution >= 4 is 39.3 Å². The van der Waals surface area contributed by atoms with E-state index < -0.39 is 17.3 Å². The molecule has 1 atom stereocenters. The van der Waals surface area contributed by atoms with Crippen LogP contribution < -0.4 is 11.3 Å². The summed E-state index contributed by atoms with van der Waals surface area (Å²) < 4.78 is 39.6. The highest BCUT2D eigenvalue weighted by molar-refractivity contribution is 7.19. The van der Waals surface area contributed by atoms with Gasteiger partial charge in [0.15, 0.2) is 5.54 Å². The molecule has 0 aliphatic carbocycles. The lowest BCUT2D eigenvalue weighted by Gasteiger charge is -2.30. The molecule has 1 aliphatic heterocycles. The zero-order valence-electron chi connectivity index (χ0n) is 12.3. The first kappa shape index (κ1) is 15.7. The second-order valence-electron chi connectivity index (χ2n) is 5.61. The van der Waals surface area contributed by atoms with E-state index in [1.165, 1.54) is 6.21 Å². The molecule has 2 aromatic heterocycles. The Bertz CT molecular complexity index is 909. The number of aryl methyl sites for hydroxylation is 1. The van der Waals surface area contributed by atoms with Crippen LogP contribution in [0.5, 0.6) is 0 Å². The number of H-pyrrole nitrogens is 1. The van der Waals surface area contributed by atoms with Gasteiger partial charge >= 0.3 is 6.18 Å². The molecule has 3 heterocycles. The Balaban J connectivity index is 2.14. The summed E-state index contributed by atoms with van der Waals surface area (Å²) in [6.45, 7) is 2.75. The number of anilines is 1. The number of hydrogen-bond donors (Lipinski definition) is 2. The third-order valence-corrected chi connectivity index (χ3v) is 5.15. The molecule has 0 saturated carbocycles. The van der Waals surface area contributed by atoms with Crippen molar-refractivity contribution in [3.63, 3.8) is 0 Å². The summed E-state index contributed by atoms with van der Waals surface area (Å²) in [5, 5.41) is 0.358. The molecule has 0 fully saturated rings. The van der Waals surface area contributed by atoms with Gasteiger partial charge < -0.3 is 5.73 Å². The van der Waals surface area contributed by atoms with E-state index in [1.54, 1.807) is 13.0 Å². The van der Waals surface area contributed by atoms with Gasteiger partial charge in [-0.3, -0.25) is 14.8 Å². The first-order valence-electron chi connectivity index (χ1n) is 6.73. The molecule has 3 rings (SSSR count). The minimum atomic E-state index is -4.45. The van der Waals surface area contributed by atoms with Gasteiger partial charge in [0.05, 0.1) is 5.39 Å². The van der Waals surface area contributed by atoms with Gasteiger partial charge in [-0.15, -0.1) is 11.3 Å². The Morgan fingerprint density at radius 3 is 2.78 bits per heavy atom. The standard InChI is InChI=1S/C14H13F3N4OS/c1-6-8-10(22)20-12(18)21-11(8)23-9(6)7-3-4-19-13(2,5-7)14(15,16)17/h3-4H,5H2,1-2H3,(H3,18,20,21,22). The maximum Gasteiger partial charge on any atom is 0.413 e. The van der Waals surface area contributed by atoms with Crippen LogP contribution in [-0.4, -0.2) is 27.9 Å². The van der Waals surface area contributed by atoms with E-state index in [2.05, 4.69) is 15.0 Å². The number of hydrogen-bond acceptors (Lipinski definition) is 5. The lowest BCUT2D eigenvalue weighted by atomic mass is 9.89. The van der Waals surface area contributed by atoms with Gasteiger partial charge in [0.1, 0.15) is 4.83 Å². The van der Waals surface area contributed by atoms with Crippen LogP contribution in [0.4, 0.5) is 19.1 Å². The molecule has 23 heavy (non-hydrogen) atoms. The number of fused-ring (bicyclic) bond motifs is 1. The first-order valence-corrected chi connectivity index (χ1v) is 7.54. The topological polar surface area (TPSA) is 84.1 Å². The van der Waals surface area contributed by atoms with Gasteiger partial charge in [-0.25, -0.2) is 4.98 Å². The Kier molecular flexibility index (Phi) is 3.36. The number of dihydropyridines is 1. The summed E-state index contributed by atoms with van der Waals surface area (Å²) in [5.41, 5.74) is 4.04. The van der Waals surface area contributed by atoms with E-state index in [0.29, 0.717) is 26.2 Å². The number of allylic oxidation sites excluding steroid dienone is 1. The molecule has 0 amide bonds. The van der Waals surface area contributed by atoms with Crippen molar-refractivity contribution in [2.24, 2.45) is 4.99 Å². The predicted molar refractivity (Wildman–Crippen MR) is 84.9 cm³/mol. The number of aliphatic imine (C=N–C) groups is 1. The molecule has 0 saturated heterocycles. The van der Waals surface area contributed by atoms with Crippen molar-refractivity contribution in [3.05, 3.63) is 26.9 Å². The van der Waals surface area contributed by atoms with Gasteiger partial charge in [-0.1, -0.05) is 0 Å². The number of aromatic amines is 1. The van der Waals surface area contributed by atoms with Crippen LogP contribution in [0, 0.1) is 6.92 Å². The Hall–Kier alpha value is -2.16. The maximum atomic E-state index is 13.2. The highest BCUT2D eigenvalue weighted by Crippen LogP contribution is 2.44. The van der Waals surface area contributed by atoms with E-state index in [-0.39, 0.29) is 12.4 Å². The molecule has 0 spiro atoms. The number of halogens is 3. The zero-order chi connectivity index (χ0) is 17.0. The normalized spacial score (nSPS) is 21.7. The van der Waals surface area contributed by atoms with Crippen molar-refractivity contribution in [1.82, 2.24) is 9.97 Å². The zero-order valence-corrected chi connectivity index (χ0v) is 13.1. The van der Waals surface area contributed by atoms with Gasteiger partial charge in [0, 0.05) is 17.5 Å². The van der Waals surface area contributed by atoms with Crippen LogP contribution in [0.3, 0.4) is 0 Å². The van der Waals surface area contributed by atoms with E-state index in [4.69, 9.17) is 5.73 Å². The second kappa shape index (κ2) is 4.92. The van der Waals surface area contributed by atoms with E-state index in [1.807, 2.05) is 0 Å². The van der Waals surface area contributed by atoms with E-state index >= 15 is 0 Å². The van der Waals surface area contributed by atoms with Crippen molar-refractivity contribution in [1.29, 1.82) is 0 Å². The lowest BCUT2D eigenvalue weighted by molar-refractivity contribution is -0.178. The van der Waals surface area contributed by atoms with Crippen LogP contribution in [0.25, 0.3) is 15.8 Å². The highest BCUT2D eigenvalue weighted by Gasteiger charge is 2.52. The van der Waals surface area contributed by atoms with Gasteiger partial charge in [0.25, 0.3) is 5.56 Å². The third kappa shape index (κ3) is 2.44. The fraction of sp³-hybridized carbons (Fsp3) is 0.357. The molecule has 122 valence electrons. The molecular formula is C14H13F3N4OS. The monoisotopic (exact) mass is 342 g/mol. The number of rotatable bonds is 1. The summed E-state index contributed by atoms with van der Waals surface area (Å²) in [4.78, 5) is 23.1. The minimum Gasteiger partial charge on any atom is -0.369 e. The second-order valence-corrected chi connectivity index (χ2v) is 6.61. The molecule has 1 unspecified atom stereocenters. The van der Waals surface area contributed by atoms with Crippen molar-refractivity contribution in [2.75, 3.05) is 5.73 Å². The lowest BCUT2D eigenvalue weighted by Crippen LogP contribution is -2.41. The van der Waals surface area contributed by atoms with Crippen LogP contribution in [-0.2, 0) is 0 Å². The minimum absolute atomic E-state index is 0.0189. The summed E-state index contributed by atoms with van der Waals surface area (Å²) in [6, 6.07) is 0. The van der Waals surface area contributed by atoms with E-state index in [0.717, 1.165) is 18.3 Å². The Morgan fingerprint density at radius 2 is 2.13 bits per heavy atom. The Labute approximate surface area is 132 Å². The number of aromatic nitrogens is 2. The smallest absolute Gasteiger partial charge is 0.369 e. The molecule has 0 radical (unpaired) electrons. The fourth-order valence-electron chi connectivity index (χ4n) is 2.56. The third-order valence-electron chi connectivity index (χ3n) is 3.89. The number of nitrogens with two attached hydrogens (primary N) is 1. The quantitative estimate of drug-likeness (QED) is 0.835. The number of alkyl halides is 3. The summed E-state index contributed by atoms with van der Waals surface area (Å²) in [5.74, 6) is -0.0189. The number of nitrogens with zero attached hydrogens (tertiary/aromatic N) is 2. The van der Waals surface area contributed by atoms with E-state index in [9.17, 15) is 18.0 Å². The average molecular weight is 342 g/mol. The molecule has 0 aromatic carbocycles. The molecule has 0 bridgehead atoms. The average Bonchev–Trinajstić information content (AvgIpc) is 2.74. The number of nitrogen functional groups attached to an aromatic ring is 1.